The SMILES string of the molecule is CC(=O)OC[C@H]1O[C@@H](OC(C)=O)[C@H](NC(=S)NCC(F)F)[C@@H](OC(C)=O)[C@@H]1OC(C)=O. The molecule has 0 aliphatic carbocycles. The molecule has 31 heavy (non-hydrogen) atoms. The standard InChI is InChI=1S/C17H24F2N2O9S/c1-7(22)26-6-11-14(27-8(2)23)15(28-9(3)24)13(16(30-11)29-10(4)25)21-17(31)20-5-12(18)19/h11-16H,5-6H2,1-4H3,(H2,20,21,31)/t11-,13-,14-,15-,16-/m1/s1. The first-order chi connectivity index (χ1) is 14.4. The van der Waals surface area contributed by atoms with Gasteiger partial charge in [0.2, 0.25) is 6.29 Å². The maximum Gasteiger partial charge on any atom is 0.305 e. The number of rotatable bonds is 8. The molecular weight excluding hydrogens is 446 g/mol. The number of thiocarbonyl (C=S) groups is 1. The maximum atomic E-state index is 12.5. The van der Waals surface area contributed by atoms with E-state index < -0.39 is 74.1 Å². The highest BCUT2D eigenvalue weighted by Gasteiger charge is 2.52. The van der Waals surface area contributed by atoms with Crippen molar-refractivity contribution in [2.75, 3.05) is 13.2 Å². The van der Waals surface area contributed by atoms with Crippen LogP contribution in [0, 0.1) is 0 Å². The number of alkyl halides is 2. The van der Waals surface area contributed by atoms with E-state index in [4.69, 9.17) is 35.9 Å². The molecule has 0 aromatic carbocycles. The van der Waals surface area contributed by atoms with Crippen LogP contribution in [0.25, 0.3) is 0 Å². The molecule has 0 spiro atoms. The highest BCUT2D eigenvalue weighted by Crippen LogP contribution is 2.28. The third kappa shape index (κ3) is 9.38. The Bertz CT molecular complexity index is 695. The highest BCUT2D eigenvalue weighted by atomic mass is 32.1. The summed E-state index contributed by atoms with van der Waals surface area (Å²) >= 11 is 4.96. The lowest BCUT2D eigenvalue weighted by Crippen LogP contribution is -2.67. The molecule has 176 valence electrons. The van der Waals surface area contributed by atoms with Gasteiger partial charge in [-0.3, -0.25) is 19.2 Å². The molecule has 0 aromatic heterocycles. The number of hydrogen-bond acceptors (Lipinski definition) is 10. The van der Waals surface area contributed by atoms with Gasteiger partial charge in [0, 0.05) is 27.7 Å². The largest absolute Gasteiger partial charge is 0.463 e. The molecule has 1 saturated heterocycles. The Morgan fingerprint density at radius 1 is 0.935 bits per heavy atom. The van der Waals surface area contributed by atoms with Gasteiger partial charge in [-0.15, -0.1) is 0 Å². The van der Waals surface area contributed by atoms with E-state index in [-0.39, 0.29) is 5.11 Å². The van der Waals surface area contributed by atoms with Crippen molar-refractivity contribution < 1.29 is 51.6 Å². The van der Waals surface area contributed by atoms with Gasteiger partial charge in [-0.05, 0) is 12.2 Å². The van der Waals surface area contributed by atoms with Crippen LogP contribution in [0.15, 0.2) is 0 Å². The predicted octanol–water partition coefficient (Wildman–Crippen LogP) is -0.201. The van der Waals surface area contributed by atoms with E-state index >= 15 is 0 Å². The van der Waals surface area contributed by atoms with Gasteiger partial charge in [0.1, 0.15) is 18.8 Å². The van der Waals surface area contributed by atoms with Crippen LogP contribution in [0.4, 0.5) is 8.78 Å². The molecule has 0 unspecified atom stereocenters. The second kappa shape index (κ2) is 12.3. The predicted molar refractivity (Wildman–Crippen MR) is 102 cm³/mol. The minimum Gasteiger partial charge on any atom is -0.463 e. The molecule has 1 heterocycles. The van der Waals surface area contributed by atoms with Crippen molar-refractivity contribution in [3.63, 3.8) is 0 Å². The second-order valence-electron chi connectivity index (χ2n) is 6.37. The molecule has 1 rings (SSSR count). The summed E-state index contributed by atoms with van der Waals surface area (Å²) in [6.45, 7) is 3.17. The zero-order valence-electron chi connectivity index (χ0n) is 17.2. The van der Waals surface area contributed by atoms with Crippen molar-refractivity contribution in [3.05, 3.63) is 0 Å². The Labute approximate surface area is 182 Å². The fourth-order valence-corrected chi connectivity index (χ4v) is 2.91. The van der Waals surface area contributed by atoms with Crippen molar-refractivity contribution in [2.24, 2.45) is 0 Å². The smallest absolute Gasteiger partial charge is 0.305 e. The molecule has 0 bridgehead atoms. The van der Waals surface area contributed by atoms with E-state index in [0.717, 1.165) is 27.7 Å². The van der Waals surface area contributed by atoms with Crippen LogP contribution in [-0.2, 0) is 42.9 Å². The van der Waals surface area contributed by atoms with Crippen LogP contribution >= 0.6 is 12.2 Å². The summed E-state index contributed by atoms with van der Waals surface area (Å²) in [5, 5.41) is 4.53. The van der Waals surface area contributed by atoms with Gasteiger partial charge < -0.3 is 34.3 Å². The van der Waals surface area contributed by atoms with Crippen LogP contribution in [0.5, 0.6) is 0 Å². The summed E-state index contributed by atoms with van der Waals surface area (Å²) in [5.41, 5.74) is 0. The number of halogens is 2. The fraction of sp³-hybridized carbons (Fsp3) is 0.706. The summed E-state index contributed by atoms with van der Waals surface area (Å²) in [6.07, 6.45) is -8.05. The molecule has 0 amide bonds. The quantitative estimate of drug-likeness (QED) is 0.276. The van der Waals surface area contributed by atoms with Gasteiger partial charge in [-0.25, -0.2) is 8.78 Å². The van der Waals surface area contributed by atoms with Gasteiger partial charge in [0.15, 0.2) is 17.3 Å². The van der Waals surface area contributed by atoms with Crippen LogP contribution in [-0.4, -0.2) is 79.2 Å². The summed E-state index contributed by atoms with van der Waals surface area (Å²) in [5.74, 6) is -3.03. The van der Waals surface area contributed by atoms with Crippen molar-refractivity contribution in [1.29, 1.82) is 0 Å². The van der Waals surface area contributed by atoms with Gasteiger partial charge in [0.05, 0.1) is 6.54 Å². The Hall–Kier alpha value is -2.61. The summed E-state index contributed by atoms with van der Waals surface area (Å²) < 4.78 is 51.0. The van der Waals surface area contributed by atoms with E-state index in [9.17, 15) is 28.0 Å². The Kier molecular flexibility index (Phi) is 10.5. The first kappa shape index (κ1) is 26.4. The number of ether oxygens (including phenoxy) is 5. The molecule has 2 N–H and O–H groups in total. The van der Waals surface area contributed by atoms with E-state index in [1.807, 2.05) is 0 Å². The van der Waals surface area contributed by atoms with Gasteiger partial charge in [-0.2, -0.15) is 0 Å². The van der Waals surface area contributed by atoms with Crippen molar-refractivity contribution in [1.82, 2.24) is 10.6 Å². The molecule has 11 nitrogen and oxygen atoms in total. The zero-order chi connectivity index (χ0) is 23.7. The van der Waals surface area contributed by atoms with Crippen LogP contribution < -0.4 is 10.6 Å². The number of carbonyl (C=O) groups excluding carboxylic acids is 4. The summed E-state index contributed by atoms with van der Waals surface area (Å²) in [6, 6.07) is -1.26. The van der Waals surface area contributed by atoms with Crippen molar-refractivity contribution in [3.8, 4) is 0 Å². The van der Waals surface area contributed by atoms with Gasteiger partial charge >= 0.3 is 23.9 Å². The van der Waals surface area contributed by atoms with E-state index in [2.05, 4.69) is 10.6 Å². The highest BCUT2D eigenvalue weighted by molar-refractivity contribution is 7.80. The molecular formula is C17H24F2N2O9S. The molecule has 14 heteroatoms. The number of nitrogens with one attached hydrogen (secondary N) is 2. The Balaban J connectivity index is 3.27. The lowest BCUT2D eigenvalue weighted by Gasteiger charge is -2.44. The van der Waals surface area contributed by atoms with Gasteiger partial charge in [-0.1, -0.05) is 0 Å². The average molecular weight is 470 g/mol. The van der Waals surface area contributed by atoms with Crippen LogP contribution in [0.3, 0.4) is 0 Å². The molecule has 1 aliphatic rings. The average Bonchev–Trinajstić information content (AvgIpc) is 2.62. The third-order valence-electron chi connectivity index (χ3n) is 3.70. The summed E-state index contributed by atoms with van der Waals surface area (Å²) in [7, 11) is 0. The van der Waals surface area contributed by atoms with Crippen LogP contribution in [0.1, 0.15) is 27.7 Å². The monoisotopic (exact) mass is 470 g/mol. The van der Waals surface area contributed by atoms with E-state index in [0.29, 0.717) is 0 Å². The summed E-state index contributed by atoms with van der Waals surface area (Å²) in [4.78, 5) is 46.1. The van der Waals surface area contributed by atoms with Gasteiger partial charge in [0.25, 0.3) is 6.43 Å². The molecule has 0 aromatic rings. The molecule has 1 aliphatic heterocycles. The minimum atomic E-state index is -2.71. The first-order valence-electron chi connectivity index (χ1n) is 9.03. The number of hydrogen-bond donors (Lipinski definition) is 2. The molecule has 0 radical (unpaired) electrons. The first-order valence-corrected chi connectivity index (χ1v) is 9.44. The topological polar surface area (TPSA) is 138 Å². The Morgan fingerprint density at radius 3 is 1.97 bits per heavy atom. The van der Waals surface area contributed by atoms with Crippen LogP contribution in [0.2, 0.25) is 0 Å². The normalized spacial score (nSPS) is 25.2. The fourth-order valence-electron chi connectivity index (χ4n) is 2.69. The second-order valence-corrected chi connectivity index (χ2v) is 6.78. The maximum absolute atomic E-state index is 12.5. The minimum absolute atomic E-state index is 0.289. The van der Waals surface area contributed by atoms with Crippen molar-refractivity contribution >= 4 is 41.2 Å². The number of carbonyl (C=O) groups is 4. The molecule has 5 atom stereocenters. The third-order valence-corrected chi connectivity index (χ3v) is 3.96. The lowest BCUT2D eigenvalue weighted by molar-refractivity contribution is -0.269. The molecule has 1 fully saturated rings. The Morgan fingerprint density at radius 2 is 1.48 bits per heavy atom. The van der Waals surface area contributed by atoms with E-state index in [1.165, 1.54) is 0 Å². The van der Waals surface area contributed by atoms with Crippen molar-refractivity contribution in [2.45, 2.75) is 64.8 Å². The van der Waals surface area contributed by atoms with E-state index in [1.54, 1.807) is 0 Å². The number of esters is 4. The zero-order valence-corrected chi connectivity index (χ0v) is 18.0. The lowest BCUT2D eigenvalue weighted by atomic mass is 9.96. The molecule has 0 saturated carbocycles.